The third kappa shape index (κ3) is 4.33. The van der Waals surface area contributed by atoms with Crippen molar-refractivity contribution in [2.24, 2.45) is 0 Å². The normalized spacial score (nSPS) is 18.7. The molecule has 1 N–H and O–H groups in total. The number of benzene rings is 1. The highest BCUT2D eigenvalue weighted by atomic mass is 35.5. The Bertz CT molecular complexity index is 453. The highest BCUT2D eigenvalue weighted by Gasteiger charge is 2.25. The summed E-state index contributed by atoms with van der Waals surface area (Å²) >= 11 is 6.41. The SMILES string of the molecule is COCCNCc1c(Cl)cccc1N1CCC(N(C)C)C1. The number of methoxy groups -OCH3 is 1. The van der Waals surface area contributed by atoms with Crippen LogP contribution in [0.3, 0.4) is 0 Å². The largest absolute Gasteiger partial charge is 0.383 e. The molecule has 118 valence electrons. The molecular weight excluding hydrogens is 286 g/mol. The summed E-state index contributed by atoms with van der Waals surface area (Å²) < 4.78 is 5.07. The Balaban J connectivity index is 2.07. The number of nitrogens with zero attached hydrogens (tertiary/aromatic N) is 2. The molecule has 1 fully saturated rings. The summed E-state index contributed by atoms with van der Waals surface area (Å²) in [5.74, 6) is 0. The molecule has 0 spiro atoms. The van der Waals surface area contributed by atoms with Crippen LogP contribution in [-0.4, -0.2) is 58.4 Å². The van der Waals surface area contributed by atoms with E-state index in [1.54, 1.807) is 7.11 Å². The van der Waals surface area contributed by atoms with Gasteiger partial charge in [0.25, 0.3) is 0 Å². The van der Waals surface area contributed by atoms with Gasteiger partial charge in [-0.05, 0) is 32.6 Å². The van der Waals surface area contributed by atoms with Gasteiger partial charge in [0.1, 0.15) is 0 Å². The third-order valence-electron chi connectivity index (χ3n) is 4.11. The summed E-state index contributed by atoms with van der Waals surface area (Å²) in [7, 11) is 6.02. The molecule has 1 aromatic carbocycles. The Kier molecular flexibility index (Phi) is 6.30. The maximum Gasteiger partial charge on any atom is 0.0587 e. The fraction of sp³-hybridized carbons (Fsp3) is 0.625. The van der Waals surface area contributed by atoms with E-state index in [0.29, 0.717) is 12.6 Å². The fourth-order valence-electron chi connectivity index (χ4n) is 2.79. The molecular formula is C16H26ClN3O. The van der Waals surface area contributed by atoms with Crippen LogP contribution in [0.4, 0.5) is 5.69 Å². The highest BCUT2D eigenvalue weighted by molar-refractivity contribution is 6.31. The maximum atomic E-state index is 6.41. The first-order valence-corrected chi connectivity index (χ1v) is 7.89. The predicted molar refractivity (Wildman–Crippen MR) is 89.3 cm³/mol. The summed E-state index contributed by atoms with van der Waals surface area (Å²) in [6.45, 7) is 4.49. The molecule has 5 heteroatoms. The van der Waals surface area contributed by atoms with Gasteiger partial charge in [-0.25, -0.2) is 0 Å². The highest BCUT2D eigenvalue weighted by Crippen LogP contribution is 2.30. The molecule has 0 amide bonds. The van der Waals surface area contributed by atoms with Crippen LogP contribution in [0.5, 0.6) is 0 Å². The predicted octanol–water partition coefficient (Wildman–Crippen LogP) is 2.22. The van der Waals surface area contributed by atoms with Crippen LogP contribution < -0.4 is 10.2 Å². The summed E-state index contributed by atoms with van der Waals surface area (Å²) in [6, 6.07) is 6.81. The Hall–Kier alpha value is -0.810. The van der Waals surface area contributed by atoms with Crippen molar-refractivity contribution in [2.75, 3.05) is 52.3 Å². The number of rotatable bonds is 7. The lowest BCUT2D eigenvalue weighted by Gasteiger charge is -2.24. The number of ether oxygens (including phenoxy) is 1. The number of anilines is 1. The van der Waals surface area contributed by atoms with Crippen molar-refractivity contribution >= 4 is 17.3 Å². The Morgan fingerprint density at radius 1 is 1.43 bits per heavy atom. The topological polar surface area (TPSA) is 27.7 Å². The quantitative estimate of drug-likeness (QED) is 0.782. The summed E-state index contributed by atoms with van der Waals surface area (Å²) in [4.78, 5) is 4.75. The maximum absolute atomic E-state index is 6.41. The van der Waals surface area contributed by atoms with Gasteiger partial charge in [0.05, 0.1) is 6.61 Å². The standard InChI is InChI=1S/C16H26ClN3O/c1-19(2)13-7-9-20(12-13)16-6-4-5-15(17)14(16)11-18-8-10-21-3/h4-6,13,18H,7-12H2,1-3H3. The lowest BCUT2D eigenvalue weighted by atomic mass is 10.1. The van der Waals surface area contributed by atoms with Gasteiger partial charge in [-0.3, -0.25) is 0 Å². The van der Waals surface area contributed by atoms with E-state index in [2.05, 4.69) is 35.3 Å². The number of hydrogen-bond acceptors (Lipinski definition) is 4. The zero-order valence-electron chi connectivity index (χ0n) is 13.2. The minimum atomic E-state index is 0.623. The third-order valence-corrected chi connectivity index (χ3v) is 4.47. The molecule has 1 atom stereocenters. The zero-order valence-corrected chi connectivity index (χ0v) is 14.0. The van der Waals surface area contributed by atoms with Crippen LogP contribution in [0.25, 0.3) is 0 Å². The van der Waals surface area contributed by atoms with Gasteiger partial charge in [-0.1, -0.05) is 17.7 Å². The smallest absolute Gasteiger partial charge is 0.0587 e. The molecule has 0 aliphatic carbocycles. The number of halogens is 1. The van der Waals surface area contributed by atoms with Crippen LogP contribution in [0.15, 0.2) is 18.2 Å². The second-order valence-electron chi connectivity index (χ2n) is 5.76. The second kappa shape index (κ2) is 7.99. The van der Waals surface area contributed by atoms with Crippen molar-refractivity contribution in [1.29, 1.82) is 0 Å². The van der Waals surface area contributed by atoms with Crippen molar-refractivity contribution in [3.8, 4) is 0 Å². The number of hydrogen-bond donors (Lipinski definition) is 1. The molecule has 0 radical (unpaired) electrons. The Labute approximate surface area is 133 Å². The van der Waals surface area contributed by atoms with E-state index in [4.69, 9.17) is 16.3 Å². The van der Waals surface area contributed by atoms with E-state index in [0.717, 1.165) is 31.2 Å². The second-order valence-corrected chi connectivity index (χ2v) is 6.17. The van der Waals surface area contributed by atoms with Gasteiger partial charge in [0.2, 0.25) is 0 Å². The van der Waals surface area contributed by atoms with E-state index in [9.17, 15) is 0 Å². The van der Waals surface area contributed by atoms with Crippen molar-refractivity contribution < 1.29 is 4.74 Å². The number of likely N-dealkylation sites (N-methyl/N-ethyl adjacent to an activating group) is 1. The van der Waals surface area contributed by atoms with Crippen LogP contribution in [0.1, 0.15) is 12.0 Å². The summed E-state index contributed by atoms with van der Waals surface area (Å²) in [6.07, 6.45) is 1.20. The van der Waals surface area contributed by atoms with Gasteiger partial charge < -0.3 is 19.9 Å². The van der Waals surface area contributed by atoms with Gasteiger partial charge in [0, 0.05) is 55.6 Å². The lowest BCUT2D eigenvalue weighted by molar-refractivity contribution is 0.199. The average Bonchev–Trinajstić information content (AvgIpc) is 2.94. The molecule has 1 aromatic rings. The first kappa shape index (κ1) is 16.6. The van der Waals surface area contributed by atoms with E-state index in [1.165, 1.54) is 17.7 Å². The first-order chi connectivity index (χ1) is 10.1. The molecule has 1 aliphatic rings. The molecule has 0 bridgehead atoms. The average molecular weight is 312 g/mol. The summed E-state index contributed by atoms with van der Waals surface area (Å²) in [5, 5.41) is 4.23. The molecule has 4 nitrogen and oxygen atoms in total. The fourth-order valence-corrected chi connectivity index (χ4v) is 3.02. The lowest BCUT2D eigenvalue weighted by Crippen LogP contribution is -2.32. The molecule has 1 unspecified atom stereocenters. The van der Waals surface area contributed by atoms with Crippen molar-refractivity contribution in [3.05, 3.63) is 28.8 Å². The number of nitrogens with one attached hydrogen (secondary N) is 1. The van der Waals surface area contributed by atoms with Crippen LogP contribution in [0.2, 0.25) is 5.02 Å². The minimum absolute atomic E-state index is 0.623. The molecule has 21 heavy (non-hydrogen) atoms. The first-order valence-electron chi connectivity index (χ1n) is 7.52. The van der Waals surface area contributed by atoms with Crippen molar-refractivity contribution in [2.45, 2.75) is 19.0 Å². The van der Waals surface area contributed by atoms with Crippen LogP contribution in [-0.2, 0) is 11.3 Å². The molecule has 0 saturated carbocycles. The van der Waals surface area contributed by atoms with Gasteiger partial charge in [0.15, 0.2) is 0 Å². The molecule has 1 aliphatic heterocycles. The Morgan fingerprint density at radius 2 is 2.24 bits per heavy atom. The molecule has 1 saturated heterocycles. The Morgan fingerprint density at radius 3 is 2.90 bits per heavy atom. The van der Waals surface area contributed by atoms with Crippen LogP contribution >= 0.6 is 11.6 Å². The molecule has 1 heterocycles. The van der Waals surface area contributed by atoms with Crippen molar-refractivity contribution in [3.63, 3.8) is 0 Å². The van der Waals surface area contributed by atoms with Gasteiger partial charge in [-0.2, -0.15) is 0 Å². The molecule has 0 aromatic heterocycles. The monoisotopic (exact) mass is 311 g/mol. The van der Waals surface area contributed by atoms with Crippen molar-refractivity contribution in [1.82, 2.24) is 10.2 Å². The van der Waals surface area contributed by atoms with Crippen LogP contribution in [0, 0.1) is 0 Å². The zero-order chi connectivity index (χ0) is 15.2. The molecule has 2 rings (SSSR count). The van der Waals surface area contributed by atoms with E-state index in [-0.39, 0.29) is 0 Å². The van der Waals surface area contributed by atoms with E-state index in [1.807, 2.05) is 12.1 Å². The van der Waals surface area contributed by atoms with E-state index < -0.39 is 0 Å². The van der Waals surface area contributed by atoms with E-state index >= 15 is 0 Å². The van der Waals surface area contributed by atoms with Gasteiger partial charge in [-0.15, -0.1) is 0 Å². The minimum Gasteiger partial charge on any atom is -0.383 e. The summed E-state index contributed by atoms with van der Waals surface area (Å²) in [5.41, 5.74) is 2.45. The van der Waals surface area contributed by atoms with Gasteiger partial charge >= 0.3 is 0 Å².